The number of pyridine rings is 1. The zero-order valence-corrected chi connectivity index (χ0v) is 10.1. The van der Waals surface area contributed by atoms with Gasteiger partial charge >= 0.3 is 5.97 Å². The van der Waals surface area contributed by atoms with Crippen molar-refractivity contribution in [1.29, 1.82) is 0 Å². The zero-order chi connectivity index (χ0) is 12.3. The van der Waals surface area contributed by atoms with Crippen LogP contribution in [0.4, 0.5) is 4.39 Å². The van der Waals surface area contributed by atoms with E-state index in [0.717, 1.165) is 5.56 Å². The first-order valence-corrected chi connectivity index (χ1v) is 5.12. The van der Waals surface area contributed by atoms with Gasteiger partial charge < -0.3 is 17.5 Å². The Kier molecular flexibility index (Phi) is 4.80. The Bertz CT molecular complexity index is 560. The van der Waals surface area contributed by atoms with Gasteiger partial charge in [0.15, 0.2) is 18.9 Å². The molecule has 0 aliphatic heterocycles. The van der Waals surface area contributed by atoms with Crippen LogP contribution in [0.1, 0.15) is 15.9 Å². The minimum Gasteiger partial charge on any atom is -1.00 e. The van der Waals surface area contributed by atoms with Crippen molar-refractivity contribution >= 4 is 5.97 Å². The molecule has 1 aromatic carbocycles. The third-order valence-electron chi connectivity index (χ3n) is 2.36. The lowest BCUT2D eigenvalue weighted by Gasteiger charge is -1.99. The molecule has 0 radical (unpaired) electrons. The number of aromatic carboxylic acids is 1. The molecule has 0 atom stereocenters. The van der Waals surface area contributed by atoms with Crippen LogP contribution in [0, 0.1) is 5.82 Å². The first-order valence-electron chi connectivity index (χ1n) is 5.12. The summed E-state index contributed by atoms with van der Waals surface area (Å²) in [6.07, 6.45) is 3.27. The summed E-state index contributed by atoms with van der Waals surface area (Å²) in [5.74, 6) is -1.27. The summed E-state index contributed by atoms with van der Waals surface area (Å²) in [6.45, 7) is 0.443. The molecule has 0 aliphatic rings. The zero-order valence-electron chi connectivity index (χ0n) is 9.38. The van der Waals surface area contributed by atoms with E-state index in [2.05, 4.69) is 0 Å². The fraction of sp³-hybridized carbons (Fsp3) is 0.0769. The lowest BCUT2D eigenvalue weighted by Crippen LogP contribution is -3.00. The normalized spacial score (nSPS) is 9.61. The van der Waals surface area contributed by atoms with E-state index in [1.54, 1.807) is 29.0 Å². The number of carboxylic acids is 1. The molecule has 2 aromatic rings. The molecule has 0 fully saturated rings. The maximum atomic E-state index is 13.0. The highest BCUT2D eigenvalue weighted by Gasteiger charge is 2.09. The van der Waals surface area contributed by atoms with Crippen molar-refractivity contribution in [2.24, 2.45) is 0 Å². The van der Waals surface area contributed by atoms with E-state index in [-0.39, 0.29) is 23.8 Å². The lowest BCUT2D eigenvalue weighted by molar-refractivity contribution is -0.688. The van der Waals surface area contributed by atoms with Crippen molar-refractivity contribution < 1.29 is 31.3 Å². The topological polar surface area (TPSA) is 41.2 Å². The van der Waals surface area contributed by atoms with Gasteiger partial charge in [0, 0.05) is 11.6 Å². The van der Waals surface area contributed by atoms with Gasteiger partial charge in [-0.1, -0.05) is 12.1 Å². The third kappa shape index (κ3) is 3.53. The second-order valence-electron chi connectivity index (χ2n) is 3.70. The Balaban J connectivity index is 0.00000162. The molecule has 0 aliphatic carbocycles. The standard InChI is InChI=1S/C13H10FNO2.ClH/c14-12-5-1-3-10(7-12)8-15-6-2-4-11(9-15)13(16)17;/h1-7,9H,8H2;1H. The maximum absolute atomic E-state index is 13.0. The number of benzene rings is 1. The Labute approximate surface area is 110 Å². The number of aromatic nitrogens is 1. The van der Waals surface area contributed by atoms with Crippen molar-refractivity contribution in [2.45, 2.75) is 6.54 Å². The molecule has 2 rings (SSSR count). The molecule has 0 unspecified atom stereocenters. The van der Waals surface area contributed by atoms with Gasteiger partial charge in [-0.05, 0) is 18.2 Å². The first-order chi connectivity index (χ1) is 8.15. The predicted octanol–water partition coefficient (Wildman–Crippen LogP) is -1.14. The third-order valence-corrected chi connectivity index (χ3v) is 2.36. The van der Waals surface area contributed by atoms with Gasteiger partial charge in [0.1, 0.15) is 11.4 Å². The summed E-state index contributed by atoms with van der Waals surface area (Å²) in [4.78, 5) is 10.8. The van der Waals surface area contributed by atoms with Gasteiger partial charge in [0.05, 0.1) is 0 Å². The minimum atomic E-state index is -0.974. The second-order valence-corrected chi connectivity index (χ2v) is 3.70. The number of hydrogen-bond acceptors (Lipinski definition) is 1. The van der Waals surface area contributed by atoms with Gasteiger partial charge in [-0.25, -0.2) is 9.18 Å². The SMILES string of the molecule is O=C(O)c1ccc[n+](Cc2cccc(F)c2)c1.[Cl-]. The second kappa shape index (κ2) is 6.12. The fourth-order valence-electron chi connectivity index (χ4n) is 1.59. The summed E-state index contributed by atoms with van der Waals surface area (Å²) in [6, 6.07) is 9.41. The molecule has 0 bridgehead atoms. The maximum Gasteiger partial charge on any atom is 0.341 e. The van der Waals surface area contributed by atoms with Crippen LogP contribution in [-0.4, -0.2) is 11.1 Å². The molecular formula is C13H11ClFNO2. The number of halogens is 2. The molecule has 0 saturated heterocycles. The van der Waals surface area contributed by atoms with Crippen LogP contribution < -0.4 is 17.0 Å². The van der Waals surface area contributed by atoms with E-state index in [1.165, 1.54) is 24.4 Å². The molecule has 1 N–H and O–H groups in total. The Hall–Kier alpha value is -1.94. The Morgan fingerprint density at radius 1 is 1.28 bits per heavy atom. The van der Waals surface area contributed by atoms with Crippen molar-refractivity contribution in [3.8, 4) is 0 Å². The van der Waals surface area contributed by atoms with Crippen LogP contribution in [0.2, 0.25) is 0 Å². The quantitative estimate of drug-likeness (QED) is 0.715. The van der Waals surface area contributed by atoms with Crippen LogP contribution in [0.3, 0.4) is 0 Å². The van der Waals surface area contributed by atoms with Gasteiger partial charge in [-0.15, -0.1) is 0 Å². The largest absolute Gasteiger partial charge is 1.00 e. The van der Waals surface area contributed by atoms with E-state index < -0.39 is 5.97 Å². The molecule has 18 heavy (non-hydrogen) atoms. The van der Waals surface area contributed by atoms with Crippen LogP contribution in [-0.2, 0) is 6.54 Å². The summed E-state index contributed by atoms with van der Waals surface area (Å²) < 4.78 is 14.7. The van der Waals surface area contributed by atoms with E-state index in [0.29, 0.717) is 6.54 Å². The molecule has 3 nitrogen and oxygen atoms in total. The fourth-order valence-corrected chi connectivity index (χ4v) is 1.59. The van der Waals surface area contributed by atoms with Crippen LogP contribution in [0.15, 0.2) is 48.8 Å². The summed E-state index contributed by atoms with van der Waals surface area (Å²) in [5, 5.41) is 8.85. The lowest BCUT2D eigenvalue weighted by atomic mass is 10.2. The number of rotatable bonds is 3. The smallest absolute Gasteiger partial charge is 0.341 e. The van der Waals surface area contributed by atoms with E-state index in [4.69, 9.17) is 5.11 Å². The summed E-state index contributed by atoms with van der Waals surface area (Å²) >= 11 is 0. The van der Waals surface area contributed by atoms with Crippen LogP contribution in [0.5, 0.6) is 0 Å². The Morgan fingerprint density at radius 3 is 2.72 bits per heavy atom. The molecule has 1 aromatic heterocycles. The highest BCUT2D eigenvalue weighted by atomic mass is 35.5. The molecule has 5 heteroatoms. The molecule has 0 spiro atoms. The molecule has 1 heterocycles. The van der Waals surface area contributed by atoms with Crippen molar-refractivity contribution in [3.05, 3.63) is 65.7 Å². The van der Waals surface area contributed by atoms with E-state index >= 15 is 0 Å². The van der Waals surface area contributed by atoms with Crippen molar-refractivity contribution in [1.82, 2.24) is 0 Å². The molecular weight excluding hydrogens is 257 g/mol. The van der Waals surface area contributed by atoms with Gasteiger partial charge in [0.25, 0.3) is 0 Å². The average Bonchev–Trinajstić information content (AvgIpc) is 2.29. The Morgan fingerprint density at radius 2 is 2.06 bits per heavy atom. The summed E-state index contributed by atoms with van der Waals surface area (Å²) in [7, 11) is 0. The monoisotopic (exact) mass is 267 g/mol. The predicted molar refractivity (Wildman–Crippen MR) is 59.1 cm³/mol. The average molecular weight is 268 g/mol. The van der Waals surface area contributed by atoms with E-state index in [9.17, 15) is 9.18 Å². The van der Waals surface area contributed by atoms with Crippen LogP contribution >= 0.6 is 0 Å². The van der Waals surface area contributed by atoms with Gasteiger partial charge in [0.2, 0.25) is 0 Å². The highest BCUT2D eigenvalue weighted by molar-refractivity contribution is 5.86. The highest BCUT2D eigenvalue weighted by Crippen LogP contribution is 2.03. The number of nitrogens with zero attached hydrogens (tertiary/aromatic N) is 1. The minimum absolute atomic E-state index is 0. The van der Waals surface area contributed by atoms with Crippen molar-refractivity contribution in [3.63, 3.8) is 0 Å². The summed E-state index contributed by atoms with van der Waals surface area (Å²) in [5.41, 5.74) is 1.00. The molecule has 94 valence electrons. The first kappa shape index (κ1) is 14.1. The van der Waals surface area contributed by atoms with E-state index in [1.807, 2.05) is 0 Å². The number of carbonyl (C=O) groups is 1. The molecule has 0 saturated carbocycles. The van der Waals surface area contributed by atoms with Crippen molar-refractivity contribution in [2.75, 3.05) is 0 Å². The number of hydrogen-bond donors (Lipinski definition) is 1. The van der Waals surface area contributed by atoms with Crippen LogP contribution in [0.25, 0.3) is 0 Å². The molecule has 0 amide bonds. The van der Waals surface area contributed by atoms with Gasteiger partial charge in [-0.3, -0.25) is 0 Å². The van der Waals surface area contributed by atoms with Gasteiger partial charge in [-0.2, -0.15) is 4.57 Å². The number of carboxylic acid groups (broad SMARTS) is 1.